The van der Waals surface area contributed by atoms with Crippen molar-refractivity contribution in [2.24, 2.45) is 5.84 Å². The second-order valence-corrected chi connectivity index (χ2v) is 3.91. The molecule has 4 N–H and O–H groups in total. The highest BCUT2D eigenvalue weighted by atomic mass is 16.5. The number of aromatic nitrogens is 5. The molecule has 114 valence electrons. The predicted molar refractivity (Wildman–Crippen MR) is 75.9 cm³/mol. The molecule has 21 heavy (non-hydrogen) atoms. The number of nitrogens with zero attached hydrogens (tertiary/aromatic N) is 5. The fraction of sp³-hybridized carbons (Fsp3) is 0.455. The first-order valence-corrected chi connectivity index (χ1v) is 6.36. The van der Waals surface area contributed by atoms with Gasteiger partial charge in [0.1, 0.15) is 0 Å². The number of anilines is 2. The summed E-state index contributed by atoms with van der Waals surface area (Å²) < 4.78 is 11.7. The van der Waals surface area contributed by atoms with Crippen molar-refractivity contribution in [2.45, 2.75) is 0 Å². The highest BCUT2D eigenvalue weighted by Crippen LogP contribution is 2.07. The number of hydrogen-bond donors (Lipinski definition) is 3. The van der Waals surface area contributed by atoms with E-state index in [4.69, 9.17) is 15.3 Å². The molecule has 2 heterocycles. The van der Waals surface area contributed by atoms with E-state index in [-0.39, 0.29) is 5.95 Å². The van der Waals surface area contributed by atoms with Crippen molar-refractivity contribution in [3.8, 4) is 5.95 Å². The number of ether oxygens (including phenoxy) is 2. The monoisotopic (exact) mass is 294 g/mol. The van der Waals surface area contributed by atoms with Crippen molar-refractivity contribution < 1.29 is 9.47 Å². The van der Waals surface area contributed by atoms with Crippen LogP contribution in [-0.4, -0.2) is 58.2 Å². The van der Waals surface area contributed by atoms with Gasteiger partial charge in [-0.1, -0.05) is 0 Å². The molecule has 2 aromatic rings. The average molecular weight is 294 g/mol. The van der Waals surface area contributed by atoms with Crippen LogP contribution in [0, 0.1) is 0 Å². The summed E-state index contributed by atoms with van der Waals surface area (Å²) in [5.41, 5.74) is 2.40. The molecule has 0 amide bonds. The maximum absolute atomic E-state index is 5.35. The molecule has 2 aromatic heterocycles. The van der Waals surface area contributed by atoms with Gasteiger partial charge in [-0.3, -0.25) is 5.43 Å². The molecule has 10 nitrogen and oxygen atoms in total. The summed E-state index contributed by atoms with van der Waals surface area (Å²) >= 11 is 0. The van der Waals surface area contributed by atoms with Gasteiger partial charge in [-0.15, -0.1) is 0 Å². The van der Waals surface area contributed by atoms with Crippen LogP contribution in [0.25, 0.3) is 5.95 Å². The Morgan fingerprint density at radius 3 is 2.76 bits per heavy atom. The Labute approximate surface area is 121 Å². The van der Waals surface area contributed by atoms with Crippen molar-refractivity contribution in [3.05, 3.63) is 18.5 Å². The summed E-state index contributed by atoms with van der Waals surface area (Å²) in [6.45, 7) is 2.17. The van der Waals surface area contributed by atoms with Crippen LogP contribution >= 0.6 is 0 Å². The summed E-state index contributed by atoms with van der Waals surface area (Å²) in [5.74, 6) is 6.35. The van der Waals surface area contributed by atoms with Gasteiger partial charge in [-0.2, -0.15) is 20.1 Å². The molecule has 0 fully saturated rings. The lowest BCUT2D eigenvalue weighted by atomic mass is 10.6. The average Bonchev–Trinajstić information content (AvgIpc) is 3.05. The van der Waals surface area contributed by atoms with Crippen molar-refractivity contribution in [3.63, 3.8) is 0 Å². The first-order valence-electron chi connectivity index (χ1n) is 6.36. The summed E-state index contributed by atoms with van der Waals surface area (Å²) in [4.78, 5) is 12.5. The summed E-state index contributed by atoms with van der Waals surface area (Å²) in [5, 5.41) is 7.10. The second-order valence-electron chi connectivity index (χ2n) is 3.91. The Hall–Kier alpha value is -2.30. The normalized spacial score (nSPS) is 10.6. The Bertz CT molecular complexity index is 533. The molecule has 10 heteroatoms. The Morgan fingerprint density at radius 2 is 2.05 bits per heavy atom. The molecular weight excluding hydrogens is 276 g/mol. The van der Waals surface area contributed by atoms with Gasteiger partial charge in [-0.05, 0) is 6.07 Å². The lowest BCUT2D eigenvalue weighted by molar-refractivity contribution is 0.0759. The Morgan fingerprint density at radius 1 is 1.19 bits per heavy atom. The molecule has 0 aliphatic heterocycles. The van der Waals surface area contributed by atoms with Gasteiger partial charge in [0.2, 0.25) is 11.9 Å². The Balaban J connectivity index is 1.94. The van der Waals surface area contributed by atoms with E-state index in [0.717, 1.165) is 0 Å². The summed E-state index contributed by atoms with van der Waals surface area (Å²) in [6, 6.07) is 1.77. The van der Waals surface area contributed by atoms with Crippen LogP contribution in [0.3, 0.4) is 0 Å². The maximum Gasteiger partial charge on any atom is 0.257 e. The van der Waals surface area contributed by atoms with Crippen LogP contribution in [0.5, 0.6) is 0 Å². The topological polar surface area (TPSA) is 125 Å². The smallest absolute Gasteiger partial charge is 0.257 e. The van der Waals surface area contributed by atoms with Crippen LogP contribution < -0.4 is 16.6 Å². The number of nitrogen functional groups attached to an aromatic ring is 1. The molecule has 0 aromatic carbocycles. The van der Waals surface area contributed by atoms with Gasteiger partial charge >= 0.3 is 0 Å². The lowest BCUT2D eigenvalue weighted by Gasteiger charge is -2.08. The van der Waals surface area contributed by atoms with Gasteiger partial charge in [0.25, 0.3) is 5.95 Å². The van der Waals surface area contributed by atoms with E-state index in [2.05, 4.69) is 30.8 Å². The minimum Gasteiger partial charge on any atom is -0.382 e. The van der Waals surface area contributed by atoms with Gasteiger partial charge in [-0.25, -0.2) is 10.5 Å². The molecule has 0 aliphatic rings. The summed E-state index contributed by atoms with van der Waals surface area (Å²) in [7, 11) is 1.63. The number of nitrogens with one attached hydrogen (secondary N) is 2. The number of nitrogens with two attached hydrogens (primary N) is 1. The zero-order valence-corrected chi connectivity index (χ0v) is 11.7. The SMILES string of the molecule is COCCOCCNc1nc(NN)nc(-n2cccn2)n1. The third kappa shape index (κ3) is 4.63. The lowest BCUT2D eigenvalue weighted by Crippen LogP contribution is -2.18. The predicted octanol–water partition coefficient (Wildman–Crippen LogP) is -0.582. The molecule has 0 bridgehead atoms. The van der Waals surface area contributed by atoms with Crippen molar-refractivity contribution in [2.75, 3.05) is 44.2 Å². The third-order valence-electron chi connectivity index (χ3n) is 2.42. The fourth-order valence-electron chi connectivity index (χ4n) is 1.48. The van der Waals surface area contributed by atoms with Gasteiger partial charge in [0.15, 0.2) is 0 Å². The number of hydrogen-bond acceptors (Lipinski definition) is 9. The first-order chi connectivity index (χ1) is 10.3. The van der Waals surface area contributed by atoms with Crippen LogP contribution in [0.15, 0.2) is 18.5 Å². The molecule has 0 atom stereocenters. The molecular formula is C11H18N8O2. The van der Waals surface area contributed by atoms with E-state index in [1.807, 2.05) is 0 Å². The van der Waals surface area contributed by atoms with E-state index < -0.39 is 0 Å². The van der Waals surface area contributed by atoms with Crippen LogP contribution in [0.4, 0.5) is 11.9 Å². The van der Waals surface area contributed by atoms with Crippen molar-refractivity contribution >= 4 is 11.9 Å². The fourth-order valence-corrected chi connectivity index (χ4v) is 1.48. The van der Waals surface area contributed by atoms with E-state index in [0.29, 0.717) is 38.3 Å². The van der Waals surface area contributed by atoms with Crippen LogP contribution in [0.2, 0.25) is 0 Å². The molecule has 0 radical (unpaired) electrons. The van der Waals surface area contributed by atoms with E-state index in [9.17, 15) is 0 Å². The van der Waals surface area contributed by atoms with E-state index >= 15 is 0 Å². The number of hydrazine groups is 1. The van der Waals surface area contributed by atoms with E-state index in [1.54, 1.807) is 25.6 Å². The first kappa shape index (κ1) is 15.1. The minimum absolute atomic E-state index is 0.248. The molecule has 0 aliphatic carbocycles. The van der Waals surface area contributed by atoms with Crippen LogP contribution in [-0.2, 0) is 9.47 Å². The largest absolute Gasteiger partial charge is 0.382 e. The highest BCUT2D eigenvalue weighted by molar-refractivity contribution is 5.36. The van der Waals surface area contributed by atoms with Crippen molar-refractivity contribution in [1.82, 2.24) is 24.7 Å². The van der Waals surface area contributed by atoms with E-state index in [1.165, 1.54) is 4.68 Å². The highest BCUT2D eigenvalue weighted by Gasteiger charge is 2.07. The quantitative estimate of drug-likeness (QED) is 0.316. The second kappa shape index (κ2) is 8.09. The molecule has 0 spiro atoms. The van der Waals surface area contributed by atoms with Gasteiger partial charge in [0, 0.05) is 26.0 Å². The number of rotatable bonds is 9. The zero-order chi connectivity index (χ0) is 14.9. The molecule has 0 saturated heterocycles. The zero-order valence-electron chi connectivity index (χ0n) is 11.7. The van der Waals surface area contributed by atoms with Crippen molar-refractivity contribution in [1.29, 1.82) is 0 Å². The minimum atomic E-state index is 0.248. The standard InChI is InChI=1S/C11H18N8O2/c1-20-7-8-21-6-4-13-9-15-10(18-12)17-11(16-9)19-5-2-3-14-19/h2-3,5H,4,6-8,12H2,1H3,(H2,13,15,16,17,18). The van der Waals surface area contributed by atoms with Gasteiger partial charge < -0.3 is 14.8 Å². The summed E-state index contributed by atoms with van der Waals surface area (Å²) in [6.07, 6.45) is 3.36. The maximum atomic E-state index is 5.35. The molecule has 0 saturated carbocycles. The Kier molecular flexibility index (Phi) is 5.82. The molecule has 0 unspecified atom stereocenters. The van der Waals surface area contributed by atoms with Gasteiger partial charge in [0.05, 0.1) is 19.8 Å². The van der Waals surface area contributed by atoms with Crippen LogP contribution in [0.1, 0.15) is 0 Å². The molecule has 2 rings (SSSR count). The third-order valence-corrected chi connectivity index (χ3v) is 2.42. The number of methoxy groups -OCH3 is 1.